The van der Waals surface area contributed by atoms with E-state index >= 15 is 0 Å². The molecule has 2 atom stereocenters. The van der Waals surface area contributed by atoms with Gasteiger partial charge in [-0.3, -0.25) is 0 Å². The highest BCUT2D eigenvalue weighted by Crippen LogP contribution is 2.16. The maximum atomic E-state index is 11.0. The topological polar surface area (TPSA) is 84.2 Å². The van der Waals surface area contributed by atoms with Crippen molar-refractivity contribution in [1.29, 1.82) is 0 Å². The van der Waals surface area contributed by atoms with Crippen LogP contribution in [0.5, 0.6) is 0 Å². The van der Waals surface area contributed by atoms with Gasteiger partial charge in [0.1, 0.15) is 0 Å². The SMILES string of the molecule is CC(CC1CCCCN1)Nc1ccc(CS(N)(=O)=O)cc1. The molecule has 0 aliphatic carbocycles. The largest absolute Gasteiger partial charge is 0.383 e. The van der Waals surface area contributed by atoms with Crippen LogP contribution in [-0.4, -0.2) is 27.0 Å². The number of primary sulfonamides is 1. The highest BCUT2D eigenvalue weighted by Gasteiger charge is 2.15. The standard InChI is InChI=1S/C15H25N3O2S/c1-12(10-15-4-2-3-9-17-15)18-14-7-5-13(6-8-14)11-21(16,19)20/h5-8,12,15,17-18H,2-4,9-11H2,1H3,(H2,16,19,20). The van der Waals surface area contributed by atoms with Gasteiger partial charge in [0.15, 0.2) is 0 Å². The van der Waals surface area contributed by atoms with Gasteiger partial charge >= 0.3 is 0 Å². The highest BCUT2D eigenvalue weighted by atomic mass is 32.2. The van der Waals surface area contributed by atoms with E-state index in [0.717, 1.165) is 18.7 Å². The van der Waals surface area contributed by atoms with Crippen LogP contribution in [0.3, 0.4) is 0 Å². The summed E-state index contributed by atoms with van der Waals surface area (Å²) in [7, 11) is -3.46. The zero-order chi connectivity index (χ0) is 15.3. The van der Waals surface area contributed by atoms with Crippen LogP contribution in [0.4, 0.5) is 5.69 Å². The zero-order valence-corrected chi connectivity index (χ0v) is 13.3. The maximum Gasteiger partial charge on any atom is 0.213 e. The minimum Gasteiger partial charge on any atom is -0.383 e. The predicted octanol–water partition coefficient (Wildman–Crippen LogP) is 1.81. The maximum absolute atomic E-state index is 11.0. The van der Waals surface area contributed by atoms with E-state index in [1.54, 1.807) is 12.1 Å². The van der Waals surface area contributed by atoms with E-state index in [2.05, 4.69) is 17.6 Å². The fourth-order valence-corrected chi connectivity index (χ4v) is 3.48. The molecule has 1 aliphatic heterocycles. The second-order valence-corrected chi connectivity index (χ2v) is 7.55. The number of nitrogens with one attached hydrogen (secondary N) is 2. The molecule has 2 unspecified atom stereocenters. The first kappa shape index (κ1) is 16.3. The quantitative estimate of drug-likeness (QED) is 0.748. The number of piperidine rings is 1. The predicted molar refractivity (Wildman–Crippen MR) is 86.6 cm³/mol. The Morgan fingerprint density at radius 1 is 1.33 bits per heavy atom. The van der Waals surface area contributed by atoms with Gasteiger partial charge in [-0.2, -0.15) is 0 Å². The molecule has 4 N–H and O–H groups in total. The fourth-order valence-electron chi connectivity index (χ4n) is 2.82. The summed E-state index contributed by atoms with van der Waals surface area (Å²) in [5.74, 6) is -0.116. The summed E-state index contributed by atoms with van der Waals surface area (Å²) in [6.45, 7) is 3.30. The monoisotopic (exact) mass is 311 g/mol. The van der Waals surface area contributed by atoms with E-state index in [1.807, 2.05) is 12.1 Å². The number of rotatable bonds is 6. The Labute approximate surface area is 127 Å². The van der Waals surface area contributed by atoms with E-state index < -0.39 is 10.0 Å². The van der Waals surface area contributed by atoms with Crippen molar-refractivity contribution in [3.8, 4) is 0 Å². The summed E-state index contributed by atoms with van der Waals surface area (Å²) in [4.78, 5) is 0. The third-order valence-corrected chi connectivity index (χ3v) is 4.52. The molecular weight excluding hydrogens is 286 g/mol. The molecule has 1 saturated heterocycles. The van der Waals surface area contributed by atoms with Crippen LogP contribution >= 0.6 is 0 Å². The van der Waals surface area contributed by atoms with Crippen LogP contribution in [0.2, 0.25) is 0 Å². The first-order chi connectivity index (χ1) is 9.92. The Balaban J connectivity index is 1.84. The minimum absolute atomic E-state index is 0.116. The molecule has 2 rings (SSSR count). The Hall–Kier alpha value is -1.11. The Morgan fingerprint density at radius 2 is 2.05 bits per heavy atom. The summed E-state index contributed by atoms with van der Waals surface area (Å²) in [6.07, 6.45) is 4.94. The lowest BCUT2D eigenvalue weighted by Gasteiger charge is -2.27. The fraction of sp³-hybridized carbons (Fsp3) is 0.600. The molecular formula is C15H25N3O2S. The lowest BCUT2D eigenvalue weighted by Crippen LogP contribution is -2.37. The third kappa shape index (κ3) is 6.03. The van der Waals surface area contributed by atoms with Crippen LogP contribution in [-0.2, 0) is 15.8 Å². The van der Waals surface area contributed by atoms with Gasteiger partial charge < -0.3 is 10.6 Å². The van der Waals surface area contributed by atoms with E-state index in [0.29, 0.717) is 17.6 Å². The molecule has 1 aromatic carbocycles. The van der Waals surface area contributed by atoms with Crippen molar-refractivity contribution in [3.05, 3.63) is 29.8 Å². The number of nitrogens with two attached hydrogens (primary N) is 1. The third-order valence-electron chi connectivity index (χ3n) is 3.79. The zero-order valence-electron chi connectivity index (χ0n) is 12.5. The lowest BCUT2D eigenvalue weighted by atomic mass is 9.98. The number of hydrogen-bond donors (Lipinski definition) is 3. The van der Waals surface area contributed by atoms with Crippen LogP contribution < -0.4 is 15.8 Å². The molecule has 1 heterocycles. The Morgan fingerprint density at radius 3 is 2.62 bits per heavy atom. The molecule has 0 aromatic heterocycles. The molecule has 0 bridgehead atoms. The van der Waals surface area contributed by atoms with Gasteiger partial charge in [0, 0.05) is 17.8 Å². The van der Waals surface area contributed by atoms with Gasteiger partial charge in [0.25, 0.3) is 0 Å². The average molecular weight is 311 g/mol. The van der Waals surface area contributed by atoms with Gasteiger partial charge in [0.2, 0.25) is 10.0 Å². The summed E-state index contributed by atoms with van der Waals surface area (Å²) < 4.78 is 22.1. The number of anilines is 1. The van der Waals surface area contributed by atoms with Crippen molar-refractivity contribution in [2.24, 2.45) is 5.14 Å². The van der Waals surface area contributed by atoms with Gasteiger partial charge in [-0.15, -0.1) is 0 Å². The first-order valence-electron chi connectivity index (χ1n) is 7.52. The molecule has 6 heteroatoms. The molecule has 1 aliphatic rings. The Kier molecular flexibility index (Phi) is 5.61. The van der Waals surface area contributed by atoms with Gasteiger partial charge in [-0.1, -0.05) is 18.6 Å². The molecule has 5 nitrogen and oxygen atoms in total. The molecule has 0 amide bonds. The minimum atomic E-state index is -3.46. The van der Waals surface area contributed by atoms with E-state index in [1.165, 1.54) is 19.3 Å². The number of benzene rings is 1. The number of hydrogen-bond acceptors (Lipinski definition) is 4. The van der Waals surface area contributed by atoms with Crippen molar-refractivity contribution < 1.29 is 8.42 Å². The normalized spacial score (nSPS) is 21.0. The van der Waals surface area contributed by atoms with E-state index in [-0.39, 0.29) is 5.75 Å². The second-order valence-electron chi connectivity index (χ2n) is 5.93. The summed E-state index contributed by atoms with van der Waals surface area (Å²) in [5, 5.41) is 12.0. The molecule has 0 spiro atoms. The number of sulfonamides is 1. The van der Waals surface area contributed by atoms with E-state index in [9.17, 15) is 8.42 Å². The molecule has 0 radical (unpaired) electrons. The van der Waals surface area contributed by atoms with Crippen molar-refractivity contribution in [2.75, 3.05) is 11.9 Å². The van der Waals surface area contributed by atoms with Gasteiger partial charge in [-0.05, 0) is 50.4 Å². The molecule has 1 fully saturated rings. The molecule has 1 aromatic rings. The van der Waals surface area contributed by atoms with Crippen molar-refractivity contribution in [1.82, 2.24) is 5.32 Å². The lowest BCUT2D eigenvalue weighted by molar-refractivity contribution is 0.371. The van der Waals surface area contributed by atoms with Crippen molar-refractivity contribution in [2.45, 2.75) is 50.4 Å². The first-order valence-corrected chi connectivity index (χ1v) is 9.23. The summed E-state index contributed by atoms with van der Waals surface area (Å²) in [5.41, 5.74) is 1.72. The van der Waals surface area contributed by atoms with Gasteiger partial charge in [0.05, 0.1) is 5.75 Å². The molecule has 21 heavy (non-hydrogen) atoms. The average Bonchev–Trinajstić information content (AvgIpc) is 2.40. The second kappa shape index (κ2) is 7.24. The van der Waals surface area contributed by atoms with Crippen LogP contribution in [0.1, 0.15) is 38.2 Å². The summed E-state index contributed by atoms with van der Waals surface area (Å²) in [6, 6.07) is 8.40. The highest BCUT2D eigenvalue weighted by molar-refractivity contribution is 7.88. The van der Waals surface area contributed by atoms with Crippen LogP contribution in [0.25, 0.3) is 0 Å². The summed E-state index contributed by atoms with van der Waals surface area (Å²) >= 11 is 0. The van der Waals surface area contributed by atoms with Crippen molar-refractivity contribution in [3.63, 3.8) is 0 Å². The Bertz CT molecular complexity index is 537. The van der Waals surface area contributed by atoms with Crippen LogP contribution in [0, 0.1) is 0 Å². The molecule has 0 saturated carbocycles. The van der Waals surface area contributed by atoms with Gasteiger partial charge in [-0.25, -0.2) is 13.6 Å². The van der Waals surface area contributed by atoms with Crippen LogP contribution in [0.15, 0.2) is 24.3 Å². The smallest absolute Gasteiger partial charge is 0.213 e. The molecule has 118 valence electrons. The van der Waals surface area contributed by atoms with Crippen molar-refractivity contribution >= 4 is 15.7 Å². The van der Waals surface area contributed by atoms with E-state index in [4.69, 9.17) is 5.14 Å².